The maximum absolute atomic E-state index is 14.7. The van der Waals surface area contributed by atoms with Crippen molar-refractivity contribution >= 4 is 11.9 Å². The molecule has 1 aromatic carbocycles. The number of hydrogen-bond donors (Lipinski definition) is 2. The van der Waals surface area contributed by atoms with E-state index in [0.717, 1.165) is 76.8 Å². The predicted octanol–water partition coefficient (Wildman–Crippen LogP) is 4.42. The van der Waals surface area contributed by atoms with Crippen molar-refractivity contribution in [3.63, 3.8) is 0 Å². The van der Waals surface area contributed by atoms with E-state index in [4.69, 9.17) is 14.9 Å². The Morgan fingerprint density at radius 3 is 2.44 bits per heavy atom. The monoisotopic (exact) mass is 570 g/mol. The van der Waals surface area contributed by atoms with E-state index in [1.54, 1.807) is 17.0 Å². The molecule has 9 heteroatoms. The van der Waals surface area contributed by atoms with Crippen LogP contribution in [0.5, 0.6) is 5.75 Å². The summed E-state index contributed by atoms with van der Waals surface area (Å²) >= 11 is 0. The lowest BCUT2D eigenvalue weighted by Crippen LogP contribution is -2.50. The van der Waals surface area contributed by atoms with Crippen LogP contribution in [-0.2, 0) is 17.6 Å². The molecule has 41 heavy (non-hydrogen) atoms. The largest absolute Gasteiger partial charge is 0.493 e. The fourth-order valence-corrected chi connectivity index (χ4v) is 5.84. The highest BCUT2D eigenvalue weighted by atomic mass is 19.1. The van der Waals surface area contributed by atoms with Gasteiger partial charge in [-0.15, -0.1) is 0 Å². The quantitative estimate of drug-likeness (QED) is 0.288. The molecule has 0 bridgehead atoms. The number of piperidine rings is 1. The van der Waals surface area contributed by atoms with Crippen molar-refractivity contribution in [3.05, 3.63) is 47.5 Å². The molecule has 1 amide bonds. The maximum Gasteiger partial charge on any atom is 0.227 e. The molecule has 2 saturated heterocycles. The van der Waals surface area contributed by atoms with Crippen molar-refractivity contribution in [2.45, 2.75) is 71.1 Å². The number of anilines is 1. The van der Waals surface area contributed by atoms with Crippen LogP contribution in [0, 0.1) is 23.6 Å². The zero-order valence-electron chi connectivity index (χ0n) is 24.5. The number of carbonyl (C=O) groups is 1. The Kier molecular flexibility index (Phi) is 12.2. The first kappa shape index (κ1) is 31.2. The number of benzene rings is 1. The first-order chi connectivity index (χ1) is 20.0. The maximum atomic E-state index is 14.7. The van der Waals surface area contributed by atoms with E-state index in [-0.39, 0.29) is 31.5 Å². The molecule has 0 saturated carbocycles. The molecule has 0 spiro atoms. The molecular formula is C32H47FN4O4. The van der Waals surface area contributed by atoms with Gasteiger partial charge in [0.2, 0.25) is 11.9 Å². The Morgan fingerprint density at radius 1 is 1.07 bits per heavy atom. The van der Waals surface area contributed by atoms with Gasteiger partial charge >= 0.3 is 0 Å². The molecule has 0 atom stereocenters. The van der Waals surface area contributed by atoms with Crippen LogP contribution in [0.2, 0.25) is 0 Å². The molecule has 0 unspecified atom stereocenters. The van der Waals surface area contributed by atoms with Crippen LogP contribution in [0.25, 0.3) is 0 Å². The van der Waals surface area contributed by atoms with Gasteiger partial charge in [0.25, 0.3) is 0 Å². The first-order valence-corrected chi connectivity index (χ1v) is 15.5. The van der Waals surface area contributed by atoms with Crippen LogP contribution < -0.4 is 9.64 Å². The summed E-state index contributed by atoms with van der Waals surface area (Å²) < 4.78 is 20.5. The molecule has 2 aliphatic rings. The van der Waals surface area contributed by atoms with Crippen molar-refractivity contribution in [3.8, 4) is 5.75 Å². The number of rotatable bonds is 16. The summed E-state index contributed by atoms with van der Waals surface area (Å²) in [4.78, 5) is 25.8. The zero-order chi connectivity index (χ0) is 29.0. The highest BCUT2D eigenvalue weighted by Crippen LogP contribution is 2.26. The van der Waals surface area contributed by atoms with E-state index < -0.39 is 5.82 Å². The standard InChI is InChI=1S/C32H47FN4O4/c1-2-5-25-18-34-32(35-19-25)36-13-11-24(12-14-36)8-4-15-41-29-10-9-28(30(33)17-29)16-31(40)37-20-26(21-37)6-3-7-27(22-38)23-39/h9-10,17-19,24,26-27,38-39H,2-8,11-16,20-23H2,1H3. The van der Waals surface area contributed by atoms with Gasteiger partial charge in [0, 0.05) is 63.8 Å². The molecule has 2 fully saturated rings. The number of halogens is 1. The number of aryl methyl sites for hydroxylation is 1. The number of aliphatic hydroxyl groups is 2. The lowest BCUT2D eigenvalue weighted by Gasteiger charge is -2.39. The zero-order valence-corrected chi connectivity index (χ0v) is 24.5. The number of hydrogen-bond acceptors (Lipinski definition) is 7. The Morgan fingerprint density at radius 2 is 1.78 bits per heavy atom. The van der Waals surface area contributed by atoms with Gasteiger partial charge in [-0.25, -0.2) is 14.4 Å². The van der Waals surface area contributed by atoms with Crippen LogP contribution in [0.1, 0.15) is 69.4 Å². The molecule has 0 radical (unpaired) electrons. The van der Waals surface area contributed by atoms with Crippen molar-refractivity contribution in [1.82, 2.24) is 14.9 Å². The summed E-state index contributed by atoms with van der Waals surface area (Å²) in [5.74, 6) is 1.93. The Labute approximate surface area is 243 Å². The van der Waals surface area contributed by atoms with Crippen LogP contribution in [0.3, 0.4) is 0 Å². The molecule has 0 aliphatic carbocycles. The highest BCUT2D eigenvalue weighted by molar-refractivity contribution is 5.79. The molecule has 226 valence electrons. The van der Waals surface area contributed by atoms with Gasteiger partial charge in [-0.3, -0.25) is 4.79 Å². The van der Waals surface area contributed by atoms with E-state index in [1.807, 2.05) is 12.4 Å². The second-order valence-corrected chi connectivity index (χ2v) is 11.8. The highest BCUT2D eigenvalue weighted by Gasteiger charge is 2.30. The van der Waals surface area contributed by atoms with Gasteiger partial charge in [-0.05, 0) is 74.0 Å². The number of amides is 1. The minimum absolute atomic E-state index is 0.00652. The summed E-state index contributed by atoms with van der Waals surface area (Å²) in [6, 6.07) is 4.81. The number of carbonyl (C=O) groups excluding carboxylic acids is 1. The lowest BCUT2D eigenvalue weighted by atomic mass is 9.91. The minimum Gasteiger partial charge on any atom is -0.493 e. The smallest absolute Gasteiger partial charge is 0.227 e. The Bertz CT molecular complexity index is 1070. The summed E-state index contributed by atoms with van der Waals surface area (Å²) in [5.41, 5.74) is 1.59. The number of aromatic nitrogens is 2. The molecule has 8 nitrogen and oxygen atoms in total. The normalized spacial score (nSPS) is 16.3. The first-order valence-electron chi connectivity index (χ1n) is 15.5. The average molecular weight is 571 g/mol. The molecule has 3 heterocycles. The average Bonchev–Trinajstić information content (AvgIpc) is 2.96. The van der Waals surface area contributed by atoms with Crippen LogP contribution in [0.15, 0.2) is 30.6 Å². The van der Waals surface area contributed by atoms with E-state index in [9.17, 15) is 9.18 Å². The van der Waals surface area contributed by atoms with Crippen LogP contribution >= 0.6 is 0 Å². The summed E-state index contributed by atoms with van der Waals surface area (Å²) in [5, 5.41) is 18.3. The molecule has 2 aromatic rings. The second kappa shape index (κ2) is 16.0. The Hall–Kier alpha value is -2.78. The third kappa shape index (κ3) is 9.36. The SMILES string of the molecule is CCCc1cnc(N2CCC(CCCOc3ccc(CC(=O)N4CC(CCCC(CO)CO)C4)c(F)c3)CC2)nc1. The molecule has 2 aliphatic heterocycles. The second-order valence-electron chi connectivity index (χ2n) is 11.8. The van der Waals surface area contributed by atoms with E-state index in [2.05, 4.69) is 21.8 Å². The van der Waals surface area contributed by atoms with Gasteiger partial charge in [0.1, 0.15) is 11.6 Å². The number of likely N-dealkylation sites (tertiary alicyclic amines) is 1. The molecular weight excluding hydrogens is 523 g/mol. The third-order valence-corrected chi connectivity index (χ3v) is 8.57. The van der Waals surface area contributed by atoms with E-state index in [0.29, 0.717) is 42.8 Å². The Balaban J connectivity index is 1.09. The summed E-state index contributed by atoms with van der Waals surface area (Å²) in [7, 11) is 0. The van der Waals surface area contributed by atoms with Gasteiger partial charge in [0.15, 0.2) is 0 Å². The number of ether oxygens (including phenoxy) is 1. The van der Waals surface area contributed by atoms with Gasteiger partial charge in [-0.2, -0.15) is 0 Å². The predicted molar refractivity (Wildman–Crippen MR) is 157 cm³/mol. The van der Waals surface area contributed by atoms with Crippen molar-refractivity contribution in [2.24, 2.45) is 17.8 Å². The van der Waals surface area contributed by atoms with Crippen molar-refractivity contribution in [2.75, 3.05) is 50.9 Å². The van der Waals surface area contributed by atoms with Crippen LogP contribution in [-0.4, -0.2) is 77.0 Å². The molecule has 1 aromatic heterocycles. The topological polar surface area (TPSA) is 99.0 Å². The lowest BCUT2D eigenvalue weighted by molar-refractivity contribution is -0.137. The third-order valence-electron chi connectivity index (χ3n) is 8.57. The number of aliphatic hydroxyl groups excluding tert-OH is 2. The van der Waals surface area contributed by atoms with Crippen molar-refractivity contribution in [1.29, 1.82) is 0 Å². The summed E-state index contributed by atoms with van der Waals surface area (Å²) in [6.07, 6.45) is 13.0. The van der Waals surface area contributed by atoms with Crippen molar-refractivity contribution < 1.29 is 24.1 Å². The molecule has 4 rings (SSSR count). The fraction of sp³-hybridized carbons (Fsp3) is 0.656. The van der Waals surface area contributed by atoms with Gasteiger partial charge < -0.3 is 24.7 Å². The van der Waals surface area contributed by atoms with Crippen LogP contribution in [0.4, 0.5) is 10.3 Å². The summed E-state index contributed by atoms with van der Waals surface area (Å²) in [6.45, 7) is 6.06. The van der Waals surface area contributed by atoms with Gasteiger partial charge in [-0.1, -0.05) is 25.8 Å². The van der Waals surface area contributed by atoms with Gasteiger partial charge in [0.05, 0.1) is 13.0 Å². The van der Waals surface area contributed by atoms with E-state index in [1.165, 1.54) is 11.6 Å². The van der Waals surface area contributed by atoms with E-state index >= 15 is 0 Å². The minimum atomic E-state index is -0.399. The molecule has 2 N–H and O–H groups in total. The number of nitrogens with zero attached hydrogens (tertiary/aromatic N) is 4. The fourth-order valence-electron chi connectivity index (χ4n) is 5.84.